The number of hydrogen-bond acceptors (Lipinski definition) is 2. The third kappa shape index (κ3) is 16.8. The number of unbranched alkanes of at least 4 members (excludes halogenated alkanes) is 7. The van der Waals surface area contributed by atoms with Crippen LogP contribution >= 0.6 is 0 Å². The van der Waals surface area contributed by atoms with Gasteiger partial charge in [0.15, 0.2) is 0 Å². The standard InChI is InChI=1S/C18H32O3/c1-2-3-11-14-17(19)15-12-9-7-5-4-6-8-10-13-16-18(20)21/h7,9H,2-6,8,10-16H2,1H3,(H,20,21)/b9-7+. The maximum absolute atomic E-state index is 11.5. The molecule has 0 saturated carbocycles. The molecule has 0 aliphatic carbocycles. The van der Waals surface area contributed by atoms with E-state index >= 15 is 0 Å². The Balaban J connectivity index is 3.25. The number of carboxylic acids is 1. The number of hydrogen-bond donors (Lipinski definition) is 1. The van der Waals surface area contributed by atoms with Crippen LogP contribution < -0.4 is 0 Å². The van der Waals surface area contributed by atoms with Crippen LogP contribution in [0.4, 0.5) is 0 Å². The number of ketones is 1. The summed E-state index contributed by atoms with van der Waals surface area (Å²) >= 11 is 0. The predicted octanol–water partition coefficient (Wildman–Crippen LogP) is 5.29. The quantitative estimate of drug-likeness (QED) is 0.330. The summed E-state index contributed by atoms with van der Waals surface area (Å²) in [6, 6.07) is 0. The first-order valence-corrected chi connectivity index (χ1v) is 8.55. The zero-order valence-electron chi connectivity index (χ0n) is 13.6. The van der Waals surface area contributed by atoms with E-state index in [-0.39, 0.29) is 0 Å². The third-order valence-electron chi connectivity index (χ3n) is 3.58. The van der Waals surface area contributed by atoms with E-state index in [1.54, 1.807) is 0 Å². The van der Waals surface area contributed by atoms with Gasteiger partial charge in [0.2, 0.25) is 0 Å². The fourth-order valence-corrected chi connectivity index (χ4v) is 2.25. The summed E-state index contributed by atoms with van der Waals surface area (Å²) in [5.74, 6) is -0.297. The smallest absolute Gasteiger partial charge is 0.303 e. The lowest BCUT2D eigenvalue weighted by Crippen LogP contribution is -1.96. The van der Waals surface area contributed by atoms with Crippen LogP contribution in [0.15, 0.2) is 12.2 Å². The van der Waals surface area contributed by atoms with Gasteiger partial charge in [-0.15, -0.1) is 0 Å². The summed E-state index contributed by atoms with van der Waals surface area (Å²) in [5.41, 5.74) is 0. The molecule has 122 valence electrons. The summed E-state index contributed by atoms with van der Waals surface area (Å²) in [4.78, 5) is 21.8. The molecule has 21 heavy (non-hydrogen) atoms. The molecule has 3 heteroatoms. The second-order valence-electron chi connectivity index (χ2n) is 5.71. The molecule has 1 N–H and O–H groups in total. The monoisotopic (exact) mass is 296 g/mol. The van der Waals surface area contributed by atoms with Gasteiger partial charge in [0.1, 0.15) is 5.78 Å². The molecular weight excluding hydrogens is 264 g/mol. The average Bonchev–Trinajstić information content (AvgIpc) is 2.44. The molecular formula is C18H32O3. The minimum absolute atomic E-state index is 0.298. The molecule has 0 bridgehead atoms. The number of aliphatic carboxylic acids is 1. The van der Waals surface area contributed by atoms with Crippen molar-refractivity contribution < 1.29 is 14.7 Å². The highest BCUT2D eigenvalue weighted by molar-refractivity contribution is 5.78. The van der Waals surface area contributed by atoms with E-state index in [1.807, 2.05) is 0 Å². The molecule has 0 aromatic carbocycles. The van der Waals surface area contributed by atoms with Crippen molar-refractivity contribution in [2.75, 3.05) is 0 Å². The van der Waals surface area contributed by atoms with Crippen LogP contribution in [0.5, 0.6) is 0 Å². The summed E-state index contributed by atoms with van der Waals surface area (Å²) in [7, 11) is 0. The molecule has 0 radical (unpaired) electrons. The van der Waals surface area contributed by atoms with E-state index in [1.165, 1.54) is 12.8 Å². The van der Waals surface area contributed by atoms with Gasteiger partial charge in [-0.1, -0.05) is 51.2 Å². The van der Waals surface area contributed by atoms with E-state index in [0.717, 1.165) is 57.8 Å². The topological polar surface area (TPSA) is 54.4 Å². The molecule has 0 aromatic rings. The highest BCUT2D eigenvalue weighted by atomic mass is 16.4. The molecule has 0 amide bonds. The summed E-state index contributed by atoms with van der Waals surface area (Å²) < 4.78 is 0. The van der Waals surface area contributed by atoms with Crippen LogP contribution in [0.25, 0.3) is 0 Å². The Hall–Kier alpha value is -1.12. The highest BCUT2D eigenvalue weighted by Crippen LogP contribution is 2.08. The van der Waals surface area contributed by atoms with Crippen LogP contribution in [0.3, 0.4) is 0 Å². The maximum Gasteiger partial charge on any atom is 0.303 e. The number of rotatable bonds is 15. The SMILES string of the molecule is CCCCCC(=O)CC/C=C/CCCCCCCC(=O)O. The average molecular weight is 296 g/mol. The molecule has 0 rings (SSSR count). The Bertz CT molecular complexity index is 295. The van der Waals surface area contributed by atoms with E-state index < -0.39 is 5.97 Å². The maximum atomic E-state index is 11.5. The zero-order valence-corrected chi connectivity index (χ0v) is 13.6. The van der Waals surface area contributed by atoms with Crippen LogP contribution in [0.2, 0.25) is 0 Å². The minimum atomic E-state index is -0.692. The first kappa shape index (κ1) is 19.9. The third-order valence-corrected chi connectivity index (χ3v) is 3.58. The first-order valence-electron chi connectivity index (χ1n) is 8.55. The highest BCUT2D eigenvalue weighted by Gasteiger charge is 1.99. The van der Waals surface area contributed by atoms with Gasteiger partial charge in [-0.3, -0.25) is 9.59 Å². The Labute approximate surface area is 129 Å². The molecule has 0 spiro atoms. The molecule has 0 heterocycles. The van der Waals surface area contributed by atoms with Crippen LogP contribution in [-0.2, 0) is 9.59 Å². The molecule has 0 aliphatic rings. The lowest BCUT2D eigenvalue weighted by atomic mass is 10.1. The Morgan fingerprint density at radius 3 is 2.10 bits per heavy atom. The van der Waals surface area contributed by atoms with Crippen molar-refractivity contribution in [3.63, 3.8) is 0 Å². The van der Waals surface area contributed by atoms with Crippen molar-refractivity contribution in [1.29, 1.82) is 0 Å². The van der Waals surface area contributed by atoms with Crippen molar-refractivity contribution in [2.45, 2.75) is 90.4 Å². The molecule has 0 aromatic heterocycles. The van der Waals surface area contributed by atoms with Gasteiger partial charge in [0, 0.05) is 19.3 Å². The van der Waals surface area contributed by atoms with Gasteiger partial charge < -0.3 is 5.11 Å². The van der Waals surface area contributed by atoms with Gasteiger partial charge in [-0.2, -0.15) is 0 Å². The first-order chi connectivity index (χ1) is 10.2. The van der Waals surface area contributed by atoms with Crippen LogP contribution in [-0.4, -0.2) is 16.9 Å². The van der Waals surface area contributed by atoms with Crippen LogP contribution in [0, 0.1) is 0 Å². The van der Waals surface area contributed by atoms with Crippen molar-refractivity contribution in [3.05, 3.63) is 12.2 Å². The van der Waals surface area contributed by atoms with Crippen molar-refractivity contribution in [1.82, 2.24) is 0 Å². The number of carboxylic acid groups (broad SMARTS) is 1. The van der Waals surface area contributed by atoms with Gasteiger partial charge in [0.25, 0.3) is 0 Å². The Morgan fingerprint density at radius 2 is 1.38 bits per heavy atom. The number of allylic oxidation sites excluding steroid dienone is 2. The lowest BCUT2D eigenvalue weighted by molar-refractivity contribution is -0.137. The lowest BCUT2D eigenvalue weighted by Gasteiger charge is -1.99. The van der Waals surface area contributed by atoms with Gasteiger partial charge in [-0.25, -0.2) is 0 Å². The molecule has 0 unspecified atom stereocenters. The second-order valence-corrected chi connectivity index (χ2v) is 5.71. The zero-order chi connectivity index (χ0) is 15.8. The number of carbonyl (C=O) groups is 2. The molecule has 0 fully saturated rings. The number of carbonyl (C=O) groups excluding carboxylic acids is 1. The second kappa shape index (κ2) is 15.3. The largest absolute Gasteiger partial charge is 0.481 e. The minimum Gasteiger partial charge on any atom is -0.481 e. The van der Waals surface area contributed by atoms with Gasteiger partial charge in [0.05, 0.1) is 0 Å². The Kier molecular flexibility index (Phi) is 14.5. The molecule has 3 nitrogen and oxygen atoms in total. The van der Waals surface area contributed by atoms with E-state index in [9.17, 15) is 9.59 Å². The fourth-order valence-electron chi connectivity index (χ4n) is 2.25. The van der Waals surface area contributed by atoms with Gasteiger partial charge >= 0.3 is 5.97 Å². The molecule has 0 aliphatic heterocycles. The van der Waals surface area contributed by atoms with Crippen molar-refractivity contribution >= 4 is 11.8 Å². The van der Waals surface area contributed by atoms with Crippen LogP contribution in [0.1, 0.15) is 90.4 Å². The molecule has 0 atom stereocenters. The van der Waals surface area contributed by atoms with E-state index in [2.05, 4.69) is 19.1 Å². The van der Waals surface area contributed by atoms with Crippen molar-refractivity contribution in [2.24, 2.45) is 0 Å². The molecule has 0 saturated heterocycles. The summed E-state index contributed by atoms with van der Waals surface area (Å²) in [5, 5.41) is 8.50. The Morgan fingerprint density at radius 1 is 0.762 bits per heavy atom. The summed E-state index contributed by atoms with van der Waals surface area (Å²) in [6.07, 6.45) is 16.6. The van der Waals surface area contributed by atoms with Crippen molar-refractivity contribution in [3.8, 4) is 0 Å². The number of Topliss-reactive ketones (excluding diaryl/α,β-unsaturated/α-hetero) is 1. The van der Waals surface area contributed by atoms with Gasteiger partial charge in [-0.05, 0) is 32.1 Å². The fraction of sp³-hybridized carbons (Fsp3) is 0.778. The van der Waals surface area contributed by atoms with E-state index in [4.69, 9.17) is 5.11 Å². The normalized spacial score (nSPS) is 11.1. The predicted molar refractivity (Wildman–Crippen MR) is 87.5 cm³/mol. The van der Waals surface area contributed by atoms with E-state index in [0.29, 0.717) is 18.6 Å². The summed E-state index contributed by atoms with van der Waals surface area (Å²) in [6.45, 7) is 2.15.